The summed E-state index contributed by atoms with van der Waals surface area (Å²) in [5.74, 6) is 1.59. The van der Waals surface area contributed by atoms with Gasteiger partial charge in [-0.2, -0.15) is 0 Å². The molecule has 1 aliphatic rings. The fourth-order valence-electron chi connectivity index (χ4n) is 1.97. The van der Waals surface area contributed by atoms with Gasteiger partial charge in [-0.3, -0.25) is 4.98 Å². The van der Waals surface area contributed by atoms with Crippen molar-refractivity contribution in [1.29, 1.82) is 0 Å². The summed E-state index contributed by atoms with van der Waals surface area (Å²) in [4.78, 5) is 4.35. The molecular weight excluding hydrogens is 272 g/mol. The summed E-state index contributed by atoms with van der Waals surface area (Å²) in [5.41, 5.74) is 2.01. The van der Waals surface area contributed by atoms with Gasteiger partial charge >= 0.3 is 0 Å². The Morgan fingerprint density at radius 1 is 1.25 bits per heavy atom. The largest absolute Gasteiger partial charge is 0.457 e. The first kappa shape index (κ1) is 13.4. The van der Waals surface area contributed by atoms with Gasteiger partial charge in [0.2, 0.25) is 0 Å². The summed E-state index contributed by atoms with van der Waals surface area (Å²) in [7, 11) is 0. The van der Waals surface area contributed by atoms with Gasteiger partial charge in [0.05, 0.1) is 5.69 Å². The minimum absolute atomic E-state index is 0.681. The van der Waals surface area contributed by atoms with Crippen LogP contribution in [0.1, 0.15) is 24.1 Å². The van der Waals surface area contributed by atoms with E-state index in [0.29, 0.717) is 6.04 Å². The van der Waals surface area contributed by atoms with Crippen molar-refractivity contribution in [2.24, 2.45) is 0 Å². The van der Waals surface area contributed by atoms with Gasteiger partial charge < -0.3 is 10.1 Å². The molecule has 1 aromatic heterocycles. The molecule has 1 aromatic carbocycles. The van der Waals surface area contributed by atoms with Crippen molar-refractivity contribution >= 4 is 11.6 Å². The molecule has 104 valence electrons. The van der Waals surface area contributed by atoms with E-state index >= 15 is 0 Å². The van der Waals surface area contributed by atoms with Crippen LogP contribution < -0.4 is 10.1 Å². The van der Waals surface area contributed by atoms with Crippen LogP contribution in [0.5, 0.6) is 11.5 Å². The van der Waals surface area contributed by atoms with Crippen molar-refractivity contribution in [3.8, 4) is 11.5 Å². The molecule has 0 spiro atoms. The zero-order chi connectivity index (χ0) is 13.9. The number of nitrogens with one attached hydrogen (secondary N) is 1. The average Bonchev–Trinajstić information content (AvgIpc) is 3.25. The van der Waals surface area contributed by atoms with Gasteiger partial charge in [-0.1, -0.05) is 11.6 Å². The third-order valence-corrected chi connectivity index (χ3v) is 3.73. The Hall–Kier alpha value is -1.58. The number of hydrogen-bond donors (Lipinski definition) is 1. The van der Waals surface area contributed by atoms with Crippen LogP contribution in [-0.2, 0) is 6.54 Å². The maximum Gasteiger partial charge on any atom is 0.130 e. The normalized spacial score (nSPS) is 14.3. The predicted octanol–water partition coefficient (Wildman–Crippen LogP) is 4.09. The molecule has 0 aliphatic heterocycles. The molecule has 0 unspecified atom stereocenters. The predicted molar refractivity (Wildman–Crippen MR) is 80.4 cm³/mol. The number of benzene rings is 1. The van der Waals surface area contributed by atoms with E-state index in [1.807, 2.05) is 37.3 Å². The monoisotopic (exact) mass is 288 g/mol. The lowest BCUT2D eigenvalue weighted by Crippen LogP contribution is -2.16. The summed E-state index contributed by atoms with van der Waals surface area (Å²) >= 11 is 6.01. The average molecular weight is 289 g/mol. The second kappa shape index (κ2) is 5.81. The Bertz CT molecular complexity index is 611. The summed E-state index contributed by atoms with van der Waals surface area (Å²) < 4.78 is 5.85. The highest BCUT2D eigenvalue weighted by atomic mass is 35.5. The second-order valence-electron chi connectivity index (χ2n) is 5.15. The van der Waals surface area contributed by atoms with Crippen LogP contribution in [0.25, 0.3) is 0 Å². The Kier molecular flexibility index (Phi) is 3.90. The third-order valence-electron chi connectivity index (χ3n) is 3.30. The summed E-state index contributed by atoms with van der Waals surface area (Å²) in [5, 5.41) is 4.20. The molecule has 1 N–H and O–H groups in total. The smallest absolute Gasteiger partial charge is 0.130 e. The number of halogens is 1. The number of hydrogen-bond acceptors (Lipinski definition) is 3. The van der Waals surface area contributed by atoms with Crippen LogP contribution >= 0.6 is 11.6 Å². The second-order valence-corrected chi connectivity index (χ2v) is 5.56. The molecule has 1 fully saturated rings. The number of rotatable bonds is 5. The Morgan fingerprint density at radius 3 is 2.80 bits per heavy atom. The maximum absolute atomic E-state index is 6.01. The van der Waals surface area contributed by atoms with Gasteiger partial charge in [-0.15, -0.1) is 0 Å². The fraction of sp³-hybridized carbons (Fsp3) is 0.312. The first-order valence-corrected chi connectivity index (χ1v) is 7.21. The molecule has 20 heavy (non-hydrogen) atoms. The first-order chi connectivity index (χ1) is 9.70. The molecule has 0 atom stereocenters. The Labute approximate surface area is 123 Å². The minimum Gasteiger partial charge on any atom is -0.457 e. The van der Waals surface area contributed by atoms with E-state index in [1.165, 1.54) is 12.8 Å². The minimum atomic E-state index is 0.681. The zero-order valence-corrected chi connectivity index (χ0v) is 12.2. The maximum atomic E-state index is 6.01. The molecule has 0 amide bonds. The standard InChI is InChI=1S/C16H17ClN2O/c1-11-8-14(4-5-16(11)17)20-15-6-7-18-13(9-15)10-19-12-2-3-12/h4-9,12,19H,2-3,10H2,1H3. The van der Waals surface area contributed by atoms with Gasteiger partial charge in [0, 0.05) is 29.9 Å². The summed E-state index contributed by atoms with van der Waals surface area (Å²) in [6.45, 7) is 2.76. The Balaban J connectivity index is 1.69. The van der Waals surface area contributed by atoms with E-state index in [1.54, 1.807) is 6.20 Å². The molecule has 0 bridgehead atoms. The van der Waals surface area contributed by atoms with E-state index < -0.39 is 0 Å². The van der Waals surface area contributed by atoms with E-state index in [-0.39, 0.29) is 0 Å². The number of pyridine rings is 1. The molecule has 0 radical (unpaired) electrons. The highest BCUT2D eigenvalue weighted by Gasteiger charge is 2.20. The molecule has 2 aromatic rings. The molecule has 3 rings (SSSR count). The van der Waals surface area contributed by atoms with E-state index in [9.17, 15) is 0 Å². The third kappa shape index (κ3) is 3.50. The highest BCUT2D eigenvalue weighted by molar-refractivity contribution is 6.31. The summed E-state index contributed by atoms with van der Waals surface area (Å²) in [6, 6.07) is 10.2. The molecule has 1 saturated carbocycles. The molecular formula is C16H17ClN2O. The number of aromatic nitrogens is 1. The topological polar surface area (TPSA) is 34.1 Å². The lowest BCUT2D eigenvalue weighted by molar-refractivity contribution is 0.480. The van der Waals surface area contributed by atoms with Crippen LogP contribution in [0, 0.1) is 6.92 Å². The van der Waals surface area contributed by atoms with Crippen LogP contribution in [0.4, 0.5) is 0 Å². The lowest BCUT2D eigenvalue weighted by Gasteiger charge is -2.09. The number of ether oxygens (including phenoxy) is 1. The van der Waals surface area contributed by atoms with Crippen molar-refractivity contribution in [3.63, 3.8) is 0 Å². The first-order valence-electron chi connectivity index (χ1n) is 6.83. The molecule has 4 heteroatoms. The van der Waals surface area contributed by atoms with E-state index in [4.69, 9.17) is 16.3 Å². The van der Waals surface area contributed by atoms with Crippen LogP contribution in [-0.4, -0.2) is 11.0 Å². The van der Waals surface area contributed by atoms with Crippen molar-refractivity contribution in [1.82, 2.24) is 10.3 Å². The fourth-order valence-corrected chi connectivity index (χ4v) is 2.09. The van der Waals surface area contributed by atoms with Gasteiger partial charge in [-0.25, -0.2) is 0 Å². The van der Waals surface area contributed by atoms with Crippen LogP contribution in [0.15, 0.2) is 36.5 Å². The van der Waals surface area contributed by atoms with Crippen molar-refractivity contribution < 1.29 is 4.74 Å². The van der Waals surface area contributed by atoms with Crippen molar-refractivity contribution in [2.45, 2.75) is 32.4 Å². The van der Waals surface area contributed by atoms with Gasteiger partial charge in [0.1, 0.15) is 11.5 Å². The van der Waals surface area contributed by atoms with Gasteiger partial charge in [0.15, 0.2) is 0 Å². The number of aryl methyl sites for hydroxylation is 1. The zero-order valence-electron chi connectivity index (χ0n) is 11.4. The Morgan fingerprint density at radius 2 is 2.05 bits per heavy atom. The van der Waals surface area contributed by atoms with Crippen molar-refractivity contribution in [3.05, 3.63) is 52.8 Å². The molecule has 1 heterocycles. The van der Waals surface area contributed by atoms with Gasteiger partial charge in [0.25, 0.3) is 0 Å². The quantitative estimate of drug-likeness (QED) is 0.900. The number of nitrogens with zero attached hydrogens (tertiary/aromatic N) is 1. The van der Waals surface area contributed by atoms with Gasteiger partial charge in [-0.05, 0) is 49.6 Å². The van der Waals surface area contributed by atoms with Crippen LogP contribution in [0.3, 0.4) is 0 Å². The lowest BCUT2D eigenvalue weighted by atomic mass is 10.2. The van der Waals surface area contributed by atoms with Crippen molar-refractivity contribution in [2.75, 3.05) is 0 Å². The van der Waals surface area contributed by atoms with Crippen LogP contribution in [0.2, 0.25) is 5.02 Å². The van der Waals surface area contributed by atoms with E-state index in [0.717, 1.165) is 34.3 Å². The molecule has 0 saturated heterocycles. The van der Waals surface area contributed by atoms with E-state index in [2.05, 4.69) is 10.3 Å². The summed E-state index contributed by atoms with van der Waals surface area (Å²) in [6.07, 6.45) is 4.34. The SMILES string of the molecule is Cc1cc(Oc2ccnc(CNC3CC3)c2)ccc1Cl. The molecule has 3 nitrogen and oxygen atoms in total. The highest BCUT2D eigenvalue weighted by Crippen LogP contribution is 2.26. The molecule has 1 aliphatic carbocycles.